The number of thiazole rings is 1. The number of hydrogen-bond acceptors (Lipinski definition) is 10. The Labute approximate surface area is 274 Å². The Morgan fingerprint density at radius 2 is 1.80 bits per heavy atom. The molecule has 3 aromatic rings. The average Bonchev–Trinajstić information content (AvgIpc) is 3.53. The summed E-state index contributed by atoms with van der Waals surface area (Å²) in [5, 5.41) is 8.65. The lowest BCUT2D eigenvalue weighted by Gasteiger charge is -2.49. The van der Waals surface area contributed by atoms with Crippen LogP contribution in [0.25, 0.3) is 0 Å². The minimum absolute atomic E-state index is 0.00326. The molecule has 5 rings (SSSR count). The second kappa shape index (κ2) is 15.1. The summed E-state index contributed by atoms with van der Waals surface area (Å²) in [4.78, 5) is 60.7. The molecule has 2 aliphatic rings. The van der Waals surface area contributed by atoms with E-state index in [9.17, 15) is 28.0 Å². The summed E-state index contributed by atoms with van der Waals surface area (Å²) < 4.78 is 31.7. The zero-order valence-electron chi connectivity index (χ0n) is 23.5. The molecule has 1 aromatic heterocycles. The maximum absolute atomic E-state index is 13.9. The molecule has 1 saturated heterocycles. The molecule has 2 aliphatic heterocycles. The highest BCUT2D eigenvalue weighted by molar-refractivity contribution is 8.00. The van der Waals surface area contributed by atoms with Crippen molar-refractivity contribution in [2.24, 2.45) is 5.16 Å². The molecule has 0 aliphatic carbocycles. The monoisotopic (exact) mass is 687 g/mol. The van der Waals surface area contributed by atoms with Crippen LogP contribution in [0.5, 0.6) is 0 Å². The van der Waals surface area contributed by atoms with Gasteiger partial charge in [-0.15, -0.1) is 34.7 Å². The van der Waals surface area contributed by atoms with Crippen LogP contribution < -0.4 is 10.6 Å². The van der Waals surface area contributed by atoms with Crippen LogP contribution in [0, 0.1) is 0 Å². The van der Waals surface area contributed by atoms with E-state index in [1.54, 1.807) is 12.2 Å². The van der Waals surface area contributed by atoms with Gasteiger partial charge in [-0.05, 0) is 16.7 Å². The predicted molar refractivity (Wildman–Crippen MR) is 168 cm³/mol. The molecule has 2 N–H and O–H groups in total. The first kappa shape index (κ1) is 32.8. The van der Waals surface area contributed by atoms with Gasteiger partial charge in [-0.2, -0.15) is 8.78 Å². The number of nitrogens with zero attached hydrogens (tertiary/aromatic N) is 3. The van der Waals surface area contributed by atoms with E-state index < -0.39 is 47.6 Å². The van der Waals surface area contributed by atoms with E-state index in [0.29, 0.717) is 23.1 Å². The van der Waals surface area contributed by atoms with E-state index >= 15 is 0 Å². The maximum Gasteiger partial charge on any atom is 0.407 e. The molecule has 0 spiro atoms. The summed E-state index contributed by atoms with van der Waals surface area (Å²) in [6.45, 7) is -3.34. The number of amides is 3. The van der Waals surface area contributed by atoms with E-state index in [1.165, 1.54) is 22.0 Å². The highest BCUT2D eigenvalue weighted by Gasteiger charge is 2.54. The Kier molecular flexibility index (Phi) is 10.8. The third-order valence-electron chi connectivity index (χ3n) is 6.68. The first-order valence-corrected chi connectivity index (χ1v) is 16.0. The van der Waals surface area contributed by atoms with Gasteiger partial charge in [0.15, 0.2) is 16.9 Å². The van der Waals surface area contributed by atoms with Gasteiger partial charge < -0.3 is 20.2 Å². The zero-order valence-corrected chi connectivity index (χ0v) is 25.9. The number of halogens is 3. The Balaban J connectivity index is 1.40. The predicted octanol–water partition coefficient (Wildman–Crippen LogP) is 4.44. The van der Waals surface area contributed by atoms with Crippen LogP contribution in [0.2, 0.25) is 0 Å². The number of aromatic nitrogens is 1. The van der Waals surface area contributed by atoms with Gasteiger partial charge in [-0.3, -0.25) is 19.3 Å². The molecular formula is C30H24ClF2N5O6S2. The zero-order chi connectivity index (χ0) is 32.6. The van der Waals surface area contributed by atoms with Crippen LogP contribution in [0.1, 0.15) is 22.9 Å². The minimum atomic E-state index is -3.34. The molecule has 3 amide bonds. The molecule has 0 bridgehead atoms. The molecule has 0 unspecified atom stereocenters. The van der Waals surface area contributed by atoms with Gasteiger partial charge in [0.05, 0.1) is 0 Å². The molecule has 11 nitrogen and oxygen atoms in total. The number of carbonyl (C=O) groups excluding carboxylic acids is 4. The van der Waals surface area contributed by atoms with E-state index in [0.717, 1.165) is 11.3 Å². The number of alkyl halides is 3. The van der Waals surface area contributed by atoms with Gasteiger partial charge >= 0.3 is 12.6 Å². The van der Waals surface area contributed by atoms with E-state index in [1.807, 2.05) is 60.7 Å². The fraction of sp³-hybridized carbons (Fsp3) is 0.200. The molecule has 1 fully saturated rings. The third kappa shape index (κ3) is 7.27. The van der Waals surface area contributed by atoms with Crippen molar-refractivity contribution in [3.05, 3.63) is 106 Å². The topological polar surface area (TPSA) is 139 Å². The van der Waals surface area contributed by atoms with Crippen LogP contribution in [0.4, 0.5) is 13.9 Å². The molecule has 16 heteroatoms. The van der Waals surface area contributed by atoms with Gasteiger partial charge in [0, 0.05) is 17.0 Å². The summed E-state index contributed by atoms with van der Waals surface area (Å²) in [5.74, 6) is -2.01. The lowest BCUT2D eigenvalue weighted by Crippen LogP contribution is -2.71. The van der Waals surface area contributed by atoms with Crippen molar-refractivity contribution >= 4 is 69.7 Å². The maximum atomic E-state index is 13.9. The third-order valence-corrected chi connectivity index (χ3v) is 8.94. The molecule has 2 atom stereocenters. The number of hydrogen-bond donors (Lipinski definition) is 2. The molecule has 0 saturated carbocycles. The number of allylic oxidation sites excluding steroid dienone is 2. The van der Waals surface area contributed by atoms with Crippen molar-refractivity contribution in [2.45, 2.75) is 24.1 Å². The Hall–Kier alpha value is -4.60. The lowest BCUT2D eigenvalue weighted by molar-refractivity contribution is -0.154. The van der Waals surface area contributed by atoms with Crippen LogP contribution >= 0.6 is 34.7 Å². The van der Waals surface area contributed by atoms with Crippen molar-refractivity contribution in [1.82, 2.24) is 15.2 Å². The number of β-lactam (4-membered cyclic amide) rings is 1. The van der Waals surface area contributed by atoms with Gasteiger partial charge in [-0.1, -0.05) is 78.0 Å². The number of nitrogens with one attached hydrogen (secondary N) is 2. The molecule has 2 aromatic carbocycles. The summed E-state index contributed by atoms with van der Waals surface area (Å²) in [6, 6.07) is 17.1. The SMILES string of the molecule is O=CNc1nc(C(=NOC(F)F)C(=O)N[C@@H]2C(=O)N3C(C(=O)OC(c4ccccc4)c4ccccc4)=C(C=CCCl)CS[C@@H]23)cs1. The second-order valence-corrected chi connectivity index (χ2v) is 11.8. The number of esters is 1. The number of oxime groups is 1. The lowest BCUT2D eigenvalue weighted by atomic mass is 10.0. The normalized spacial score (nSPS) is 18.0. The number of carbonyl (C=O) groups is 4. The van der Waals surface area contributed by atoms with E-state index in [4.69, 9.17) is 16.3 Å². The van der Waals surface area contributed by atoms with E-state index in [2.05, 4.69) is 25.6 Å². The Morgan fingerprint density at radius 1 is 1.13 bits per heavy atom. The second-order valence-electron chi connectivity index (χ2n) is 9.50. The summed E-state index contributed by atoms with van der Waals surface area (Å²) in [6.07, 6.45) is 2.84. The first-order valence-electron chi connectivity index (χ1n) is 13.5. The summed E-state index contributed by atoms with van der Waals surface area (Å²) >= 11 is 8.06. The highest BCUT2D eigenvalue weighted by atomic mass is 35.5. The van der Waals surface area contributed by atoms with Crippen molar-refractivity contribution in [2.75, 3.05) is 16.9 Å². The average molecular weight is 688 g/mol. The van der Waals surface area contributed by atoms with Crippen molar-refractivity contribution in [3.63, 3.8) is 0 Å². The Bertz CT molecular complexity index is 1650. The number of fused-ring (bicyclic) bond motifs is 1. The minimum Gasteiger partial charge on any atom is -0.448 e. The molecule has 3 heterocycles. The largest absolute Gasteiger partial charge is 0.448 e. The van der Waals surface area contributed by atoms with Crippen LogP contribution in [0.3, 0.4) is 0 Å². The number of anilines is 1. The van der Waals surface area contributed by atoms with Crippen LogP contribution in [-0.2, 0) is 28.8 Å². The fourth-order valence-corrected chi connectivity index (χ4v) is 6.76. The smallest absolute Gasteiger partial charge is 0.407 e. The summed E-state index contributed by atoms with van der Waals surface area (Å²) in [5.41, 5.74) is 1.11. The van der Waals surface area contributed by atoms with Gasteiger partial charge in [0.1, 0.15) is 22.8 Å². The summed E-state index contributed by atoms with van der Waals surface area (Å²) in [7, 11) is 0. The van der Waals surface area contributed by atoms with Gasteiger partial charge in [0.2, 0.25) is 6.41 Å². The quantitative estimate of drug-likeness (QED) is 0.0672. The fourth-order valence-electron chi connectivity index (χ4n) is 4.70. The molecule has 0 radical (unpaired) electrons. The standard InChI is InChI=1S/C30H24ClF2N5O6S2/c31-13-7-12-19-14-45-27-22(36-25(40)21(37-44-29(32)33)20-15-46-30(35-20)34-16-39)26(41)38(27)23(19)28(42)43-24(17-8-3-1-4-9-17)18-10-5-2-6-11-18/h1-12,15-16,22,24,27,29H,13-14H2,(H,36,40)(H,34,35,39)/t22-,27+/m1/s1. The van der Waals surface area contributed by atoms with Crippen LogP contribution in [0.15, 0.2) is 94.6 Å². The van der Waals surface area contributed by atoms with E-state index in [-0.39, 0.29) is 28.2 Å². The Morgan fingerprint density at radius 3 is 2.41 bits per heavy atom. The highest BCUT2D eigenvalue weighted by Crippen LogP contribution is 2.42. The molecule has 46 heavy (non-hydrogen) atoms. The number of ether oxygens (including phenoxy) is 1. The number of rotatable bonds is 13. The van der Waals surface area contributed by atoms with Crippen molar-refractivity contribution in [3.8, 4) is 0 Å². The molecular weight excluding hydrogens is 664 g/mol. The number of benzene rings is 2. The van der Waals surface area contributed by atoms with Gasteiger partial charge in [0.25, 0.3) is 11.8 Å². The number of thioether (sulfide) groups is 1. The first-order chi connectivity index (χ1) is 22.3. The van der Waals surface area contributed by atoms with Crippen molar-refractivity contribution in [1.29, 1.82) is 0 Å². The van der Waals surface area contributed by atoms with Gasteiger partial charge in [-0.25, -0.2) is 9.78 Å². The molecule has 238 valence electrons. The van der Waals surface area contributed by atoms with Crippen LogP contribution in [-0.4, -0.2) is 69.4 Å². The van der Waals surface area contributed by atoms with Crippen molar-refractivity contribution < 1.29 is 37.5 Å².